The van der Waals surface area contributed by atoms with Crippen molar-refractivity contribution in [3.63, 3.8) is 0 Å². The van der Waals surface area contributed by atoms with Crippen LogP contribution in [0.2, 0.25) is 0 Å². The lowest BCUT2D eigenvalue weighted by Crippen LogP contribution is -2.50. The average molecular weight is 435 g/mol. The first kappa shape index (κ1) is 20.9. The van der Waals surface area contributed by atoms with Crippen molar-refractivity contribution >= 4 is 5.91 Å². The molecule has 2 aromatic carbocycles. The number of carbonyl (C=O) groups is 1. The van der Waals surface area contributed by atoms with Gasteiger partial charge in [0.05, 0.1) is 18.4 Å². The van der Waals surface area contributed by atoms with E-state index in [1.165, 1.54) is 17.9 Å². The van der Waals surface area contributed by atoms with Crippen molar-refractivity contribution in [2.24, 2.45) is 0 Å². The zero-order valence-electron chi connectivity index (χ0n) is 18.1. The van der Waals surface area contributed by atoms with Crippen molar-refractivity contribution in [3.8, 4) is 0 Å². The minimum absolute atomic E-state index is 0.158. The summed E-state index contributed by atoms with van der Waals surface area (Å²) in [7, 11) is 1.72. The largest absolute Gasteiger partial charge is 0.459 e. The predicted molar refractivity (Wildman–Crippen MR) is 119 cm³/mol. The topological polar surface area (TPSA) is 54.7 Å². The van der Waals surface area contributed by atoms with E-state index in [0.717, 1.165) is 37.1 Å². The smallest absolute Gasteiger partial charge is 0.287 e. The maximum atomic E-state index is 14.1. The minimum Gasteiger partial charge on any atom is -0.459 e. The fourth-order valence-corrected chi connectivity index (χ4v) is 5.52. The van der Waals surface area contributed by atoms with Crippen molar-refractivity contribution in [1.29, 1.82) is 0 Å². The predicted octanol–water partition coefficient (Wildman–Crippen LogP) is 4.45. The van der Waals surface area contributed by atoms with Gasteiger partial charge in [-0.05, 0) is 55.3 Å². The molecule has 6 heteroatoms. The Morgan fingerprint density at radius 3 is 2.59 bits per heavy atom. The molecule has 2 heterocycles. The van der Waals surface area contributed by atoms with Crippen molar-refractivity contribution in [2.75, 3.05) is 20.2 Å². The van der Waals surface area contributed by atoms with E-state index >= 15 is 0 Å². The number of amides is 1. The van der Waals surface area contributed by atoms with Crippen LogP contribution in [0.1, 0.15) is 46.1 Å². The molecule has 2 atom stereocenters. The summed E-state index contributed by atoms with van der Waals surface area (Å²) in [6, 6.07) is 18.4. The number of ether oxygens (including phenoxy) is 1. The quantitative estimate of drug-likeness (QED) is 0.645. The van der Waals surface area contributed by atoms with E-state index in [9.17, 15) is 9.18 Å². The molecule has 1 aromatic heterocycles. The summed E-state index contributed by atoms with van der Waals surface area (Å²) >= 11 is 0. The van der Waals surface area contributed by atoms with Gasteiger partial charge in [-0.3, -0.25) is 9.69 Å². The third kappa shape index (κ3) is 3.53. The van der Waals surface area contributed by atoms with Crippen LogP contribution in [0.15, 0.2) is 71.3 Å². The van der Waals surface area contributed by atoms with Crippen LogP contribution in [0, 0.1) is 5.82 Å². The van der Waals surface area contributed by atoms with Crippen LogP contribution < -0.4 is 5.32 Å². The normalized spacial score (nSPS) is 22.1. The molecule has 1 saturated heterocycles. The highest BCUT2D eigenvalue weighted by Crippen LogP contribution is 2.52. The molecule has 5 nitrogen and oxygen atoms in total. The van der Waals surface area contributed by atoms with Crippen molar-refractivity contribution in [2.45, 2.75) is 36.9 Å². The molecule has 0 bridgehead atoms. The van der Waals surface area contributed by atoms with Gasteiger partial charge in [0.1, 0.15) is 5.82 Å². The molecular weight excluding hydrogens is 407 g/mol. The van der Waals surface area contributed by atoms with E-state index in [1.807, 2.05) is 18.2 Å². The number of hydrogen-bond acceptors (Lipinski definition) is 4. The average Bonchev–Trinajstić information content (AvgIpc) is 3.44. The molecule has 1 aliphatic heterocycles. The molecule has 0 saturated carbocycles. The molecule has 1 amide bonds. The third-order valence-electron chi connectivity index (χ3n) is 7.07. The van der Waals surface area contributed by atoms with Gasteiger partial charge in [-0.2, -0.15) is 0 Å². The number of piperidine rings is 1. The lowest BCUT2D eigenvalue weighted by Gasteiger charge is -2.44. The molecule has 3 aromatic rings. The number of furan rings is 1. The third-order valence-corrected chi connectivity index (χ3v) is 7.07. The Morgan fingerprint density at radius 1 is 1.12 bits per heavy atom. The van der Waals surface area contributed by atoms with Crippen LogP contribution in [-0.2, 0) is 16.7 Å². The van der Waals surface area contributed by atoms with Gasteiger partial charge in [0.25, 0.3) is 5.91 Å². The van der Waals surface area contributed by atoms with Gasteiger partial charge in [0.15, 0.2) is 5.76 Å². The number of halogens is 1. The fourth-order valence-electron chi connectivity index (χ4n) is 5.52. The van der Waals surface area contributed by atoms with Crippen LogP contribution in [0.25, 0.3) is 0 Å². The minimum atomic E-state index is -0.257. The molecule has 1 spiro atoms. The Bertz CT molecular complexity index is 1090. The van der Waals surface area contributed by atoms with Gasteiger partial charge >= 0.3 is 0 Å². The zero-order valence-corrected chi connectivity index (χ0v) is 18.1. The van der Waals surface area contributed by atoms with Crippen LogP contribution in [0.3, 0.4) is 0 Å². The number of benzene rings is 2. The summed E-state index contributed by atoms with van der Waals surface area (Å²) in [5, 5.41) is 3.15. The molecule has 2 aliphatic rings. The Morgan fingerprint density at radius 2 is 1.88 bits per heavy atom. The molecule has 0 unspecified atom stereocenters. The van der Waals surface area contributed by atoms with Crippen molar-refractivity contribution in [1.82, 2.24) is 10.2 Å². The number of hydrogen-bond donors (Lipinski definition) is 1. The zero-order chi connectivity index (χ0) is 22.1. The van der Waals surface area contributed by atoms with E-state index in [-0.39, 0.29) is 35.0 Å². The van der Waals surface area contributed by atoms with E-state index in [2.05, 4.69) is 28.4 Å². The molecule has 32 heavy (non-hydrogen) atoms. The first-order valence-corrected chi connectivity index (χ1v) is 11.0. The monoisotopic (exact) mass is 434 g/mol. The maximum Gasteiger partial charge on any atom is 0.287 e. The van der Waals surface area contributed by atoms with Crippen LogP contribution in [0.5, 0.6) is 0 Å². The summed E-state index contributed by atoms with van der Waals surface area (Å²) in [5.41, 5.74) is 2.86. The van der Waals surface area contributed by atoms with E-state index in [4.69, 9.17) is 9.15 Å². The number of nitrogens with zero attached hydrogens (tertiary/aromatic N) is 1. The van der Waals surface area contributed by atoms with Gasteiger partial charge in [-0.15, -0.1) is 0 Å². The molecule has 1 aliphatic carbocycles. The summed E-state index contributed by atoms with van der Waals surface area (Å²) in [6.07, 6.45) is 3.07. The SMILES string of the molecule is CO[C@H]1[C@H](NC(=O)c2ccco2)c2ccccc2C12CCN(Cc1ccccc1F)CC2. The van der Waals surface area contributed by atoms with E-state index in [1.54, 1.807) is 25.3 Å². The summed E-state index contributed by atoms with van der Waals surface area (Å²) < 4.78 is 25.5. The molecule has 1 N–H and O–H groups in total. The molecular formula is C26H27FN2O3. The molecule has 166 valence electrons. The molecule has 0 radical (unpaired) electrons. The van der Waals surface area contributed by atoms with E-state index in [0.29, 0.717) is 6.54 Å². The lowest BCUT2D eigenvalue weighted by molar-refractivity contribution is -0.0125. The Balaban J connectivity index is 1.39. The Kier molecular flexibility index (Phi) is 5.57. The van der Waals surface area contributed by atoms with Gasteiger partial charge in [0, 0.05) is 24.6 Å². The highest BCUT2D eigenvalue weighted by molar-refractivity contribution is 5.91. The molecule has 5 rings (SSSR count). The van der Waals surface area contributed by atoms with Gasteiger partial charge in [-0.25, -0.2) is 4.39 Å². The van der Waals surface area contributed by atoms with Crippen molar-refractivity contribution in [3.05, 3.63) is 95.2 Å². The second kappa shape index (κ2) is 8.52. The van der Waals surface area contributed by atoms with Crippen LogP contribution in [-0.4, -0.2) is 37.1 Å². The number of fused-ring (bicyclic) bond motifs is 2. The van der Waals surface area contributed by atoms with Gasteiger partial charge < -0.3 is 14.5 Å². The maximum absolute atomic E-state index is 14.1. The summed E-state index contributed by atoms with van der Waals surface area (Å²) in [6.45, 7) is 2.27. The molecule has 1 fully saturated rings. The Labute approximate surface area is 187 Å². The summed E-state index contributed by atoms with van der Waals surface area (Å²) in [5.74, 6) is -0.113. The van der Waals surface area contributed by atoms with Gasteiger partial charge in [0.2, 0.25) is 0 Å². The lowest BCUT2D eigenvalue weighted by atomic mass is 9.72. The van der Waals surface area contributed by atoms with Crippen molar-refractivity contribution < 1.29 is 18.3 Å². The standard InChI is InChI=1S/C26H27FN2O3/c1-31-24-23(28-25(30)22-11-6-16-32-22)19-8-3-4-9-20(19)26(24)12-14-29(15-13-26)17-18-7-2-5-10-21(18)27/h2-11,16,23-24H,12-15,17H2,1H3,(H,28,30)/t23-,24+/m1/s1. The number of rotatable bonds is 5. The van der Waals surface area contributed by atoms with E-state index < -0.39 is 0 Å². The summed E-state index contributed by atoms with van der Waals surface area (Å²) in [4.78, 5) is 15.1. The second-order valence-corrected chi connectivity index (χ2v) is 8.70. The Hall–Kier alpha value is -2.96. The number of methoxy groups -OCH3 is 1. The van der Waals surface area contributed by atoms with Gasteiger partial charge in [-0.1, -0.05) is 42.5 Å². The number of nitrogens with one attached hydrogen (secondary N) is 1. The second-order valence-electron chi connectivity index (χ2n) is 8.70. The first-order valence-electron chi connectivity index (χ1n) is 11.0. The highest BCUT2D eigenvalue weighted by atomic mass is 19.1. The fraction of sp³-hybridized carbons (Fsp3) is 0.346. The highest BCUT2D eigenvalue weighted by Gasteiger charge is 2.54. The number of carbonyl (C=O) groups excluding carboxylic acids is 1. The van der Waals surface area contributed by atoms with Crippen LogP contribution >= 0.6 is 0 Å². The van der Waals surface area contributed by atoms with Crippen LogP contribution in [0.4, 0.5) is 4.39 Å². The first-order chi connectivity index (χ1) is 15.6. The number of likely N-dealkylation sites (tertiary alicyclic amines) is 1.